The maximum Gasteiger partial charge on any atom is 0.259 e. The van der Waals surface area contributed by atoms with Gasteiger partial charge in [0.1, 0.15) is 0 Å². The normalized spacial score (nSPS) is 18.8. The van der Waals surface area contributed by atoms with E-state index in [-0.39, 0.29) is 17.9 Å². The van der Waals surface area contributed by atoms with Gasteiger partial charge in [-0.15, -0.1) is 0 Å². The summed E-state index contributed by atoms with van der Waals surface area (Å²) in [5.74, 6) is 0.226. The van der Waals surface area contributed by atoms with E-state index < -0.39 is 0 Å². The SMILES string of the molecule is Cc1noc2nc(C(C)C)cc(C(=O)N3CCCCC3CN)c12. The van der Waals surface area contributed by atoms with Crippen molar-refractivity contribution in [2.75, 3.05) is 13.1 Å². The molecule has 6 heteroatoms. The maximum absolute atomic E-state index is 13.2. The Labute approximate surface area is 136 Å². The highest BCUT2D eigenvalue weighted by Gasteiger charge is 2.29. The Kier molecular flexibility index (Phi) is 4.35. The number of hydrogen-bond acceptors (Lipinski definition) is 5. The van der Waals surface area contributed by atoms with E-state index in [1.807, 2.05) is 17.9 Å². The summed E-state index contributed by atoms with van der Waals surface area (Å²) >= 11 is 0. The fourth-order valence-electron chi connectivity index (χ4n) is 3.25. The fourth-order valence-corrected chi connectivity index (χ4v) is 3.25. The summed E-state index contributed by atoms with van der Waals surface area (Å²) in [4.78, 5) is 19.6. The Hall–Kier alpha value is -1.95. The van der Waals surface area contributed by atoms with Gasteiger partial charge in [0.15, 0.2) is 0 Å². The molecular formula is C17H24N4O2. The van der Waals surface area contributed by atoms with Crippen LogP contribution in [0.3, 0.4) is 0 Å². The van der Waals surface area contributed by atoms with Gasteiger partial charge in [0.2, 0.25) is 0 Å². The Bertz CT molecular complexity index is 723. The number of nitrogens with zero attached hydrogens (tertiary/aromatic N) is 3. The number of hydrogen-bond donors (Lipinski definition) is 1. The summed E-state index contributed by atoms with van der Waals surface area (Å²) in [7, 11) is 0. The van der Waals surface area contributed by atoms with Gasteiger partial charge in [-0.2, -0.15) is 0 Å². The quantitative estimate of drug-likeness (QED) is 0.940. The molecule has 0 aliphatic carbocycles. The number of amides is 1. The molecule has 6 nitrogen and oxygen atoms in total. The smallest absolute Gasteiger partial charge is 0.259 e. The lowest BCUT2D eigenvalue weighted by molar-refractivity contribution is 0.0625. The molecule has 1 fully saturated rings. The Balaban J connectivity index is 2.09. The number of aromatic nitrogens is 2. The summed E-state index contributed by atoms with van der Waals surface area (Å²) in [6.07, 6.45) is 3.12. The van der Waals surface area contributed by atoms with Crippen molar-refractivity contribution < 1.29 is 9.32 Å². The first-order chi connectivity index (χ1) is 11.0. The van der Waals surface area contributed by atoms with Gasteiger partial charge in [0.25, 0.3) is 11.6 Å². The summed E-state index contributed by atoms with van der Waals surface area (Å²) < 4.78 is 5.31. The van der Waals surface area contributed by atoms with Crippen LogP contribution in [-0.2, 0) is 0 Å². The maximum atomic E-state index is 13.2. The Morgan fingerprint density at radius 2 is 2.26 bits per heavy atom. The Morgan fingerprint density at radius 3 is 2.96 bits per heavy atom. The van der Waals surface area contributed by atoms with Crippen LogP contribution in [-0.4, -0.2) is 40.1 Å². The monoisotopic (exact) mass is 316 g/mol. The number of nitrogens with two attached hydrogens (primary N) is 1. The molecule has 2 aromatic heterocycles. The second-order valence-electron chi connectivity index (χ2n) is 6.58. The van der Waals surface area contributed by atoms with Gasteiger partial charge in [-0.3, -0.25) is 4.79 Å². The van der Waals surface area contributed by atoms with Crippen molar-refractivity contribution in [1.29, 1.82) is 0 Å². The molecule has 3 heterocycles. The molecule has 1 amide bonds. The highest BCUT2D eigenvalue weighted by molar-refractivity contribution is 6.06. The molecule has 3 rings (SSSR count). The van der Waals surface area contributed by atoms with E-state index in [9.17, 15) is 4.79 Å². The molecule has 2 N–H and O–H groups in total. The summed E-state index contributed by atoms with van der Waals surface area (Å²) in [6, 6.07) is 2.00. The lowest BCUT2D eigenvalue weighted by Gasteiger charge is -2.35. The van der Waals surface area contributed by atoms with Crippen LogP contribution in [0.15, 0.2) is 10.6 Å². The molecular weight excluding hydrogens is 292 g/mol. The van der Waals surface area contributed by atoms with E-state index in [1.165, 1.54) is 0 Å². The standard InChI is InChI=1S/C17H24N4O2/c1-10(2)14-8-13(15-11(3)20-23-16(15)19-14)17(22)21-7-5-4-6-12(21)9-18/h8,10,12H,4-7,9,18H2,1-3H3. The highest BCUT2D eigenvalue weighted by Crippen LogP contribution is 2.28. The highest BCUT2D eigenvalue weighted by atomic mass is 16.5. The van der Waals surface area contributed by atoms with Gasteiger partial charge in [0.05, 0.1) is 16.6 Å². The number of likely N-dealkylation sites (tertiary alicyclic amines) is 1. The zero-order chi connectivity index (χ0) is 16.6. The van der Waals surface area contributed by atoms with E-state index >= 15 is 0 Å². The molecule has 1 unspecified atom stereocenters. The molecule has 0 aromatic carbocycles. The number of carbonyl (C=O) groups is 1. The lowest BCUT2D eigenvalue weighted by atomic mass is 9.98. The summed E-state index contributed by atoms with van der Waals surface area (Å²) in [5, 5.41) is 4.71. The van der Waals surface area contributed by atoms with Gasteiger partial charge >= 0.3 is 0 Å². The summed E-state index contributed by atoms with van der Waals surface area (Å²) in [5.41, 5.74) is 8.50. The third-order valence-corrected chi connectivity index (χ3v) is 4.62. The van der Waals surface area contributed by atoms with Gasteiger partial charge in [-0.1, -0.05) is 19.0 Å². The summed E-state index contributed by atoms with van der Waals surface area (Å²) in [6.45, 7) is 7.20. The van der Waals surface area contributed by atoms with Crippen molar-refractivity contribution in [1.82, 2.24) is 15.0 Å². The average molecular weight is 316 g/mol. The number of carbonyl (C=O) groups excluding carboxylic acids is 1. The van der Waals surface area contributed by atoms with Crippen LogP contribution in [0.4, 0.5) is 0 Å². The van der Waals surface area contributed by atoms with Crippen LogP contribution in [0, 0.1) is 6.92 Å². The first kappa shape index (κ1) is 15.9. The topological polar surface area (TPSA) is 85.2 Å². The largest absolute Gasteiger partial charge is 0.336 e. The zero-order valence-corrected chi connectivity index (χ0v) is 14.0. The van der Waals surface area contributed by atoms with E-state index in [4.69, 9.17) is 10.3 Å². The number of rotatable bonds is 3. The predicted molar refractivity (Wildman–Crippen MR) is 88.4 cm³/mol. The first-order valence-electron chi connectivity index (χ1n) is 8.31. The molecule has 1 atom stereocenters. The van der Waals surface area contributed by atoms with Crippen LogP contribution < -0.4 is 5.73 Å². The van der Waals surface area contributed by atoms with E-state index in [2.05, 4.69) is 24.0 Å². The van der Waals surface area contributed by atoms with Crippen molar-refractivity contribution in [2.45, 2.75) is 52.0 Å². The van der Waals surface area contributed by atoms with Gasteiger partial charge in [-0.25, -0.2) is 4.98 Å². The molecule has 0 bridgehead atoms. The van der Waals surface area contributed by atoms with Crippen LogP contribution in [0.2, 0.25) is 0 Å². The van der Waals surface area contributed by atoms with Crippen molar-refractivity contribution in [3.8, 4) is 0 Å². The zero-order valence-electron chi connectivity index (χ0n) is 14.0. The average Bonchev–Trinajstić information content (AvgIpc) is 2.94. The molecule has 0 spiro atoms. The number of piperidine rings is 1. The van der Waals surface area contributed by atoms with Crippen molar-refractivity contribution >= 4 is 17.0 Å². The van der Waals surface area contributed by atoms with E-state index in [0.29, 0.717) is 23.5 Å². The van der Waals surface area contributed by atoms with Crippen LogP contribution >= 0.6 is 0 Å². The first-order valence-corrected chi connectivity index (χ1v) is 8.31. The minimum absolute atomic E-state index is 0.0146. The Morgan fingerprint density at radius 1 is 1.48 bits per heavy atom. The molecule has 2 aromatic rings. The minimum atomic E-state index is 0.0146. The molecule has 23 heavy (non-hydrogen) atoms. The van der Waals surface area contributed by atoms with Crippen molar-refractivity contribution in [3.05, 3.63) is 23.0 Å². The third-order valence-electron chi connectivity index (χ3n) is 4.62. The predicted octanol–water partition coefficient (Wildman–Crippen LogP) is 2.61. The minimum Gasteiger partial charge on any atom is -0.336 e. The van der Waals surface area contributed by atoms with E-state index in [1.54, 1.807) is 0 Å². The number of fused-ring (bicyclic) bond motifs is 1. The van der Waals surface area contributed by atoms with Crippen molar-refractivity contribution in [3.63, 3.8) is 0 Å². The number of pyridine rings is 1. The van der Waals surface area contributed by atoms with Crippen molar-refractivity contribution in [2.24, 2.45) is 5.73 Å². The van der Waals surface area contributed by atoms with Gasteiger partial charge < -0.3 is 15.2 Å². The molecule has 1 aliphatic heterocycles. The molecule has 0 saturated carbocycles. The molecule has 1 saturated heterocycles. The second-order valence-corrected chi connectivity index (χ2v) is 6.58. The van der Waals surface area contributed by atoms with Gasteiger partial charge in [0, 0.05) is 24.8 Å². The van der Waals surface area contributed by atoms with Crippen LogP contribution in [0.25, 0.3) is 11.1 Å². The van der Waals surface area contributed by atoms with E-state index in [0.717, 1.165) is 36.9 Å². The van der Waals surface area contributed by atoms with Gasteiger partial charge in [-0.05, 0) is 38.2 Å². The van der Waals surface area contributed by atoms with Crippen LogP contribution in [0.5, 0.6) is 0 Å². The number of aryl methyl sites for hydroxylation is 1. The second kappa shape index (κ2) is 6.28. The van der Waals surface area contributed by atoms with Crippen LogP contribution in [0.1, 0.15) is 60.8 Å². The molecule has 1 aliphatic rings. The molecule has 0 radical (unpaired) electrons. The third kappa shape index (κ3) is 2.83. The fraction of sp³-hybridized carbons (Fsp3) is 0.588. The lowest BCUT2D eigenvalue weighted by Crippen LogP contribution is -2.47. The molecule has 124 valence electrons.